The quantitative estimate of drug-likeness (QED) is 0.619. The lowest BCUT2D eigenvalue weighted by atomic mass is 10.2. The van der Waals surface area contributed by atoms with Crippen molar-refractivity contribution < 1.29 is 9.53 Å². The summed E-state index contributed by atoms with van der Waals surface area (Å²) >= 11 is 0. The van der Waals surface area contributed by atoms with Crippen LogP contribution >= 0.6 is 0 Å². The molecule has 16 heavy (non-hydrogen) atoms. The van der Waals surface area contributed by atoms with Gasteiger partial charge in [0.25, 0.3) is 12.2 Å². The van der Waals surface area contributed by atoms with Crippen LogP contribution in [-0.4, -0.2) is 12.5 Å². The number of carbonyl (C=O) groups excluding carboxylic acids is 1. The Morgan fingerprint density at radius 2 is 2.19 bits per heavy atom. The van der Waals surface area contributed by atoms with E-state index in [9.17, 15) is 4.79 Å². The lowest BCUT2D eigenvalue weighted by Crippen LogP contribution is -2.17. The highest BCUT2D eigenvalue weighted by Crippen LogP contribution is 2.07. The molecule has 0 aliphatic rings. The Morgan fingerprint density at radius 3 is 2.75 bits per heavy atom. The first kappa shape index (κ1) is 11.8. The first-order chi connectivity index (χ1) is 7.77. The van der Waals surface area contributed by atoms with Crippen LogP contribution in [0.25, 0.3) is 0 Å². The molecule has 1 aromatic carbocycles. The van der Waals surface area contributed by atoms with Gasteiger partial charge in [-0.25, -0.2) is 0 Å². The van der Waals surface area contributed by atoms with Gasteiger partial charge < -0.3 is 10.1 Å². The minimum absolute atomic E-state index is 0.00827. The molecule has 82 valence electrons. The van der Waals surface area contributed by atoms with E-state index >= 15 is 0 Å². The van der Waals surface area contributed by atoms with Crippen LogP contribution in [0.1, 0.15) is 6.92 Å². The van der Waals surface area contributed by atoms with Gasteiger partial charge in [0.15, 0.2) is 0 Å². The number of benzene rings is 1. The van der Waals surface area contributed by atoms with E-state index in [-0.39, 0.29) is 12.5 Å². The molecule has 0 atom stereocenters. The normalized spacial score (nSPS) is 10.4. The minimum Gasteiger partial charge on any atom is -0.422 e. The lowest BCUT2D eigenvalue weighted by molar-refractivity contribution is -0.113. The van der Waals surface area contributed by atoms with Crippen molar-refractivity contribution in [3.8, 4) is 6.26 Å². The third-order valence-electron chi connectivity index (χ3n) is 1.96. The van der Waals surface area contributed by atoms with Gasteiger partial charge in [0, 0.05) is 5.69 Å². The molecule has 0 aliphatic heterocycles. The van der Waals surface area contributed by atoms with Gasteiger partial charge in [-0.3, -0.25) is 4.79 Å². The van der Waals surface area contributed by atoms with E-state index in [1.807, 2.05) is 18.2 Å². The molecule has 1 rings (SSSR count). The van der Waals surface area contributed by atoms with Crippen LogP contribution in [0.5, 0.6) is 0 Å². The Balaban J connectivity index is 2.61. The topological polar surface area (TPSA) is 62.1 Å². The summed E-state index contributed by atoms with van der Waals surface area (Å²) in [6.45, 7) is 1.71. The Kier molecular flexibility index (Phi) is 4.61. The first-order valence-corrected chi connectivity index (χ1v) is 4.80. The van der Waals surface area contributed by atoms with E-state index in [0.29, 0.717) is 11.3 Å². The third kappa shape index (κ3) is 3.46. The van der Waals surface area contributed by atoms with E-state index in [1.165, 1.54) is 6.26 Å². The smallest absolute Gasteiger partial charge is 0.286 e. The summed E-state index contributed by atoms with van der Waals surface area (Å²) in [5, 5.41) is 11.0. The predicted molar refractivity (Wildman–Crippen MR) is 60.4 cm³/mol. The summed E-state index contributed by atoms with van der Waals surface area (Å²) in [6, 6.07) is 9.10. The van der Waals surface area contributed by atoms with Gasteiger partial charge in [-0.2, -0.15) is 5.26 Å². The molecule has 0 heterocycles. The molecular weight excluding hydrogens is 204 g/mol. The van der Waals surface area contributed by atoms with Crippen LogP contribution < -0.4 is 5.32 Å². The lowest BCUT2D eigenvalue weighted by Gasteiger charge is -2.06. The molecule has 0 saturated carbocycles. The van der Waals surface area contributed by atoms with Crippen molar-refractivity contribution in [3.05, 3.63) is 42.0 Å². The van der Waals surface area contributed by atoms with E-state index in [0.717, 1.165) is 0 Å². The second-order valence-corrected chi connectivity index (χ2v) is 3.01. The van der Waals surface area contributed by atoms with Gasteiger partial charge in [-0.05, 0) is 19.1 Å². The van der Waals surface area contributed by atoms with Crippen molar-refractivity contribution >= 4 is 11.6 Å². The van der Waals surface area contributed by atoms with Crippen LogP contribution in [0.15, 0.2) is 42.0 Å². The van der Waals surface area contributed by atoms with Crippen LogP contribution in [0.4, 0.5) is 5.69 Å². The molecule has 0 fully saturated rings. The largest absolute Gasteiger partial charge is 0.422 e. The minimum atomic E-state index is -0.260. The standard InChI is InChI=1S/C12H12N2O2/c1-2-10(8-16-9-13)12(15)14-11-6-4-3-5-7-11/h2-7H,8H2,1H3,(H,14,15). The molecule has 1 amide bonds. The van der Waals surface area contributed by atoms with Crippen molar-refractivity contribution in [2.75, 3.05) is 11.9 Å². The van der Waals surface area contributed by atoms with E-state index in [4.69, 9.17) is 5.26 Å². The fourth-order valence-corrected chi connectivity index (χ4v) is 1.12. The molecule has 0 unspecified atom stereocenters. The zero-order valence-electron chi connectivity index (χ0n) is 8.93. The Labute approximate surface area is 94.1 Å². The second kappa shape index (κ2) is 6.25. The highest BCUT2D eigenvalue weighted by Gasteiger charge is 2.08. The number of carbonyl (C=O) groups is 1. The number of allylic oxidation sites excluding steroid dienone is 1. The molecule has 0 radical (unpaired) electrons. The number of amides is 1. The van der Waals surface area contributed by atoms with Gasteiger partial charge in [-0.15, -0.1) is 0 Å². The molecule has 4 nitrogen and oxygen atoms in total. The number of nitriles is 1. The molecule has 0 spiro atoms. The SMILES string of the molecule is CC=C(COC#N)C(=O)Nc1ccccc1. The summed E-state index contributed by atoms with van der Waals surface area (Å²) in [5.41, 5.74) is 1.13. The molecule has 0 saturated heterocycles. The van der Waals surface area contributed by atoms with Crippen molar-refractivity contribution in [1.29, 1.82) is 5.26 Å². The van der Waals surface area contributed by atoms with Gasteiger partial charge in [0.05, 0.1) is 5.57 Å². The number of para-hydroxylation sites is 1. The number of nitrogens with one attached hydrogen (secondary N) is 1. The number of anilines is 1. The maximum absolute atomic E-state index is 11.7. The summed E-state index contributed by atoms with van der Waals surface area (Å²) in [7, 11) is 0. The van der Waals surface area contributed by atoms with Crippen molar-refractivity contribution in [2.45, 2.75) is 6.92 Å². The summed E-state index contributed by atoms with van der Waals surface area (Å²) < 4.78 is 4.52. The Bertz CT molecular complexity index is 418. The maximum Gasteiger partial charge on any atom is 0.286 e. The zero-order valence-corrected chi connectivity index (χ0v) is 8.93. The number of nitrogens with zero attached hydrogens (tertiary/aromatic N) is 1. The van der Waals surface area contributed by atoms with Gasteiger partial charge in [0.1, 0.15) is 6.61 Å². The molecule has 1 aromatic rings. The van der Waals surface area contributed by atoms with E-state index in [1.54, 1.807) is 25.1 Å². The molecule has 0 aliphatic carbocycles. The van der Waals surface area contributed by atoms with Gasteiger partial charge in [-0.1, -0.05) is 24.3 Å². The monoisotopic (exact) mass is 216 g/mol. The van der Waals surface area contributed by atoms with Crippen LogP contribution in [0, 0.1) is 11.5 Å². The van der Waals surface area contributed by atoms with Crippen LogP contribution in [-0.2, 0) is 9.53 Å². The maximum atomic E-state index is 11.7. The van der Waals surface area contributed by atoms with Crippen LogP contribution in [0.3, 0.4) is 0 Å². The first-order valence-electron chi connectivity index (χ1n) is 4.80. The van der Waals surface area contributed by atoms with Gasteiger partial charge in [0.2, 0.25) is 0 Å². The van der Waals surface area contributed by atoms with E-state index < -0.39 is 0 Å². The van der Waals surface area contributed by atoms with Gasteiger partial charge >= 0.3 is 0 Å². The molecule has 0 bridgehead atoms. The average molecular weight is 216 g/mol. The summed E-state index contributed by atoms with van der Waals surface area (Å²) in [4.78, 5) is 11.7. The highest BCUT2D eigenvalue weighted by molar-refractivity contribution is 6.03. The molecule has 1 N–H and O–H groups in total. The average Bonchev–Trinajstić information content (AvgIpc) is 2.31. The fourth-order valence-electron chi connectivity index (χ4n) is 1.12. The number of rotatable bonds is 4. The summed E-state index contributed by atoms with van der Waals surface area (Å²) in [5.74, 6) is -0.260. The van der Waals surface area contributed by atoms with Crippen LogP contribution in [0.2, 0.25) is 0 Å². The zero-order chi connectivity index (χ0) is 11.8. The number of hydrogen-bond donors (Lipinski definition) is 1. The second-order valence-electron chi connectivity index (χ2n) is 3.01. The molecule has 4 heteroatoms. The van der Waals surface area contributed by atoms with Crippen molar-refractivity contribution in [1.82, 2.24) is 0 Å². The number of hydrogen-bond acceptors (Lipinski definition) is 3. The number of ether oxygens (including phenoxy) is 1. The van der Waals surface area contributed by atoms with Crippen molar-refractivity contribution in [3.63, 3.8) is 0 Å². The summed E-state index contributed by atoms with van der Waals surface area (Å²) in [6.07, 6.45) is 3.15. The molecule has 0 aromatic heterocycles. The van der Waals surface area contributed by atoms with Crippen molar-refractivity contribution in [2.24, 2.45) is 0 Å². The Hall–Kier alpha value is -2.28. The highest BCUT2D eigenvalue weighted by atomic mass is 16.5. The third-order valence-corrected chi connectivity index (χ3v) is 1.96. The van der Waals surface area contributed by atoms with E-state index in [2.05, 4.69) is 10.1 Å². The molecular formula is C12H12N2O2. The Morgan fingerprint density at radius 1 is 1.50 bits per heavy atom. The fraction of sp³-hybridized carbons (Fsp3) is 0.167. The predicted octanol–water partition coefficient (Wildman–Crippen LogP) is 2.07.